The van der Waals surface area contributed by atoms with Gasteiger partial charge >= 0.3 is 0 Å². The summed E-state index contributed by atoms with van der Waals surface area (Å²) >= 11 is 0. The maximum absolute atomic E-state index is 13.6. The highest BCUT2D eigenvalue weighted by Gasteiger charge is 2.17. The first kappa shape index (κ1) is 15.8. The molecule has 2 aromatic rings. The number of aryl methyl sites for hydroxylation is 1. The van der Waals surface area contributed by atoms with Crippen LogP contribution >= 0.6 is 0 Å². The Kier molecular flexibility index (Phi) is 5.20. The van der Waals surface area contributed by atoms with Gasteiger partial charge in [0.05, 0.1) is 15.7 Å². The third-order valence-corrected chi connectivity index (χ3v) is 4.72. The summed E-state index contributed by atoms with van der Waals surface area (Å²) in [6, 6.07) is 10.6. The van der Waals surface area contributed by atoms with Crippen LogP contribution in [0.4, 0.5) is 8.78 Å². The van der Waals surface area contributed by atoms with Gasteiger partial charge in [0.15, 0.2) is 0 Å². The highest BCUT2D eigenvalue weighted by Crippen LogP contribution is 2.20. The minimum absolute atomic E-state index is 0.0950. The Morgan fingerprint density at radius 1 is 1.14 bits per heavy atom. The van der Waals surface area contributed by atoms with E-state index in [0.717, 1.165) is 29.3 Å². The Balaban J connectivity index is 2.20. The van der Waals surface area contributed by atoms with Crippen molar-refractivity contribution in [2.75, 3.05) is 12.8 Å². The van der Waals surface area contributed by atoms with Crippen molar-refractivity contribution in [3.63, 3.8) is 0 Å². The van der Waals surface area contributed by atoms with Gasteiger partial charge in [-0.1, -0.05) is 29.8 Å². The van der Waals surface area contributed by atoms with Gasteiger partial charge in [0.25, 0.3) is 0 Å². The van der Waals surface area contributed by atoms with E-state index >= 15 is 0 Å². The van der Waals surface area contributed by atoms with Gasteiger partial charge in [0.2, 0.25) is 0 Å². The van der Waals surface area contributed by atoms with Crippen LogP contribution in [0.3, 0.4) is 0 Å². The van der Waals surface area contributed by atoms with E-state index in [2.05, 4.69) is 5.32 Å². The smallest absolute Gasteiger partial charge is 0.139 e. The van der Waals surface area contributed by atoms with Crippen molar-refractivity contribution in [3.05, 3.63) is 65.2 Å². The van der Waals surface area contributed by atoms with E-state index in [1.165, 1.54) is 0 Å². The highest BCUT2D eigenvalue weighted by atomic mass is 32.2. The Morgan fingerprint density at radius 2 is 1.81 bits per heavy atom. The topological polar surface area (TPSA) is 29.1 Å². The molecule has 0 heterocycles. The summed E-state index contributed by atoms with van der Waals surface area (Å²) < 4.78 is 39.1. The Hall–Kier alpha value is -1.59. The molecule has 0 aliphatic rings. The zero-order valence-corrected chi connectivity index (χ0v) is 12.7. The van der Waals surface area contributed by atoms with E-state index in [0.29, 0.717) is 0 Å². The number of benzene rings is 2. The predicted molar refractivity (Wildman–Crippen MR) is 80.6 cm³/mol. The van der Waals surface area contributed by atoms with Crippen LogP contribution in [0, 0.1) is 18.6 Å². The van der Waals surface area contributed by atoms with Gasteiger partial charge in [-0.2, -0.15) is 0 Å². The van der Waals surface area contributed by atoms with Crippen molar-refractivity contribution in [2.24, 2.45) is 0 Å². The first-order valence-electron chi connectivity index (χ1n) is 6.58. The molecule has 2 atom stereocenters. The fourth-order valence-electron chi connectivity index (χ4n) is 2.04. The zero-order chi connectivity index (χ0) is 15.4. The number of nitrogens with one attached hydrogen (secondary N) is 1. The molecule has 0 fully saturated rings. The van der Waals surface area contributed by atoms with Gasteiger partial charge in [-0.25, -0.2) is 8.78 Å². The maximum Gasteiger partial charge on any atom is 0.139 e. The van der Waals surface area contributed by atoms with Crippen LogP contribution in [-0.4, -0.2) is 17.0 Å². The van der Waals surface area contributed by atoms with Crippen LogP contribution in [0.25, 0.3) is 0 Å². The molecule has 0 amide bonds. The molecule has 2 unspecified atom stereocenters. The van der Waals surface area contributed by atoms with Crippen molar-refractivity contribution >= 4 is 10.8 Å². The molecule has 2 aromatic carbocycles. The SMILES string of the molecule is CNC(CS(=O)c1cc(F)ccc1F)c1ccc(C)cc1. The lowest BCUT2D eigenvalue weighted by Crippen LogP contribution is -2.23. The summed E-state index contributed by atoms with van der Waals surface area (Å²) in [7, 11) is 0.135. The normalized spacial score (nSPS) is 13.9. The summed E-state index contributed by atoms with van der Waals surface area (Å²) in [6.07, 6.45) is 0. The van der Waals surface area contributed by atoms with Crippen LogP contribution in [0.5, 0.6) is 0 Å². The van der Waals surface area contributed by atoms with E-state index in [4.69, 9.17) is 0 Å². The van der Waals surface area contributed by atoms with E-state index in [-0.39, 0.29) is 16.7 Å². The average molecular weight is 309 g/mol. The molecule has 0 aliphatic carbocycles. The van der Waals surface area contributed by atoms with Crippen molar-refractivity contribution in [3.8, 4) is 0 Å². The van der Waals surface area contributed by atoms with Gasteiger partial charge in [-0.15, -0.1) is 0 Å². The number of halogens is 2. The second-order valence-electron chi connectivity index (χ2n) is 4.84. The minimum Gasteiger partial charge on any atom is -0.312 e. The zero-order valence-electron chi connectivity index (χ0n) is 11.9. The van der Waals surface area contributed by atoms with Gasteiger partial charge in [-0.05, 0) is 37.7 Å². The molecule has 0 aromatic heterocycles. The van der Waals surface area contributed by atoms with Crippen LogP contribution in [0.1, 0.15) is 17.2 Å². The maximum atomic E-state index is 13.6. The Bertz CT molecular complexity index is 643. The Morgan fingerprint density at radius 3 is 2.43 bits per heavy atom. The van der Waals surface area contributed by atoms with Gasteiger partial charge in [0, 0.05) is 11.8 Å². The standard InChI is InChI=1S/C16H17F2NOS/c1-11-3-5-12(6-4-11)15(19-2)10-21(20)16-9-13(17)7-8-14(16)18/h3-9,15,19H,10H2,1-2H3. The Labute approximate surface area is 125 Å². The summed E-state index contributed by atoms with van der Waals surface area (Å²) in [6.45, 7) is 1.98. The molecule has 0 saturated heterocycles. The first-order valence-corrected chi connectivity index (χ1v) is 7.90. The lowest BCUT2D eigenvalue weighted by molar-refractivity contribution is 0.569. The molecule has 5 heteroatoms. The van der Waals surface area contributed by atoms with E-state index in [1.807, 2.05) is 31.2 Å². The summed E-state index contributed by atoms with van der Waals surface area (Å²) in [4.78, 5) is -0.0950. The lowest BCUT2D eigenvalue weighted by Gasteiger charge is -2.16. The fourth-order valence-corrected chi connectivity index (χ4v) is 3.41. The summed E-state index contributed by atoms with van der Waals surface area (Å²) in [5, 5.41) is 3.06. The van der Waals surface area contributed by atoms with Crippen LogP contribution in [-0.2, 0) is 10.8 Å². The molecule has 0 spiro atoms. The molecule has 1 N–H and O–H groups in total. The quantitative estimate of drug-likeness (QED) is 0.918. The van der Waals surface area contributed by atoms with Crippen molar-refractivity contribution < 1.29 is 13.0 Å². The first-order chi connectivity index (χ1) is 10.0. The minimum atomic E-state index is -1.62. The average Bonchev–Trinajstić information content (AvgIpc) is 2.48. The largest absolute Gasteiger partial charge is 0.312 e. The van der Waals surface area contributed by atoms with Gasteiger partial charge in [0.1, 0.15) is 11.6 Å². The van der Waals surface area contributed by atoms with E-state index in [1.54, 1.807) is 7.05 Å². The second-order valence-corrected chi connectivity index (χ2v) is 6.30. The third-order valence-electron chi connectivity index (χ3n) is 3.28. The van der Waals surface area contributed by atoms with Crippen molar-refractivity contribution in [1.29, 1.82) is 0 Å². The summed E-state index contributed by atoms with van der Waals surface area (Å²) in [5.41, 5.74) is 2.10. The molecule has 112 valence electrons. The second kappa shape index (κ2) is 6.91. The third kappa shape index (κ3) is 3.95. The van der Waals surface area contributed by atoms with Gasteiger partial charge < -0.3 is 5.32 Å². The van der Waals surface area contributed by atoms with E-state index < -0.39 is 22.4 Å². The molecule has 0 radical (unpaired) electrons. The van der Waals surface area contributed by atoms with Crippen molar-refractivity contribution in [2.45, 2.75) is 17.9 Å². The van der Waals surface area contributed by atoms with Crippen LogP contribution in [0.2, 0.25) is 0 Å². The number of hydrogen-bond acceptors (Lipinski definition) is 2. The molecule has 0 aliphatic heterocycles. The highest BCUT2D eigenvalue weighted by molar-refractivity contribution is 7.85. The monoisotopic (exact) mass is 309 g/mol. The molecule has 0 bridgehead atoms. The molecule has 0 saturated carbocycles. The molecular weight excluding hydrogens is 292 g/mol. The fraction of sp³-hybridized carbons (Fsp3) is 0.250. The lowest BCUT2D eigenvalue weighted by atomic mass is 10.1. The van der Waals surface area contributed by atoms with E-state index in [9.17, 15) is 13.0 Å². The molecular formula is C16H17F2NOS. The number of hydrogen-bond donors (Lipinski definition) is 1. The number of rotatable bonds is 5. The summed E-state index contributed by atoms with van der Waals surface area (Å²) in [5.74, 6) is -1.05. The molecule has 21 heavy (non-hydrogen) atoms. The van der Waals surface area contributed by atoms with Gasteiger partial charge in [-0.3, -0.25) is 4.21 Å². The molecule has 2 rings (SSSR count). The molecule has 2 nitrogen and oxygen atoms in total. The van der Waals surface area contributed by atoms with Crippen LogP contribution < -0.4 is 5.32 Å². The predicted octanol–water partition coefficient (Wildman–Crippen LogP) is 3.34. The van der Waals surface area contributed by atoms with Crippen molar-refractivity contribution in [1.82, 2.24) is 5.32 Å². The van der Waals surface area contributed by atoms with Crippen LogP contribution in [0.15, 0.2) is 47.4 Å².